The van der Waals surface area contributed by atoms with E-state index in [1.165, 1.54) is 0 Å². The van der Waals surface area contributed by atoms with Gasteiger partial charge in [0.2, 0.25) is 0 Å². The summed E-state index contributed by atoms with van der Waals surface area (Å²) in [5, 5.41) is 13.5. The molecule has 1 N–H and O–H groups in total. The van der Waals surface area contributed by atoms with Gasteiger partial charge in [-0.05, 0) is 19.8 Å². The number of aromatic nitrogens is 2. The molecule has 1 aliphatic heterocycles. The maximum atomic E-state index is 9.05. The average Bonchev–Trinajstić information content (AvgIpc) is 2.61. The molecule has 0 saturated carbocycles. The lowest BCUT2D eigenvalue weighted by Crippen LogP contribution is -2.19. The summed E-state index contributed by atoms with van der Waals surface area (Å²) < 4.78 is 7.27. The van der Waals surface area contributed by atoms with E-state index in [1.54, 1.807) is 0 Å². The molecule has 1 saturated heterocycles. The number of nitrogens with zero attached hydrogens (tertiary/aromatic N) is 2. The van der Waals surface area contributed by atoms with Crippen LogP contribution in [0.5, 0.6) is 0 Å². The van der Waals surface area contributed by atoms with Crippen LogP contribution in [-0.2, 0) is 11.3 Å². The number of aryl methyl sites for hydroxylation is 1. The Labute approximate surface area is 83.5 Å². The predicted octanol–water partition coefficient (Wildman–Crippen LogP) is 1.04. The summed E-state index contributed by atoms with van der Waals surface area (Å²) in [6.45, 7) is 3.65. The Kier molecular flexibility index (Phi) is 2.84. The number of rotatable bonds is 2. The van der Waals surface area contributed by atoms with Crippen molar-refractivity contribution in [2.75, 3.05) is 13.2 Å². The van der Waals surface area contributed by atoms with Crippen molar-refractivity contribution in [3.8, 4) is 0 Å². The molecule has 2 heterocycles. The van der Waals surface area contributed by atoms with Crippen LogP contribution in [0.1, 0.15) is 30.1 Å². The fourth-order valence-corrected chi connectivity index (χ4v) is 1.81. The van der Waals surface area contributed by atoms with E-state index in [2.05, 4.69) is 5.10 Å². The minimum Gasteiger partial charge on any atom is -0.392 e. The van der Waals surface area contributed by atoms with Crippen LogP contribution in [0.2, 0.25) is 0 Å². The highest BCUT2D eigenvalue weighted by atomic mass is 16.5. The van der Waals surface area contributed by atoms with Crippen molar-refractivity contribution in [3.63, 3.8) is 0 Å². The second kappa shape index (κ2) is 4.11. The molecule has 0 bridgehead atoms. The van der Waals surface area contributed by atoms with Gasteiger partial charge in [0.05, 0.1) is 18.3 Å². The first-order valence-corrected chi connectivity index (χ1v) is 5.04. The van der Waals surface area contributed by atoms with Crippen molar-refractivity contribution in [3.05, 3.63) is 17.5 Å². The summed E-state index contributed by atoms with van der Waals surface area (Å²) in [6, 6.07) is 0.447. The first-order chi connectivity index (χ1) is 6.81. The Morgan fingerprint density at radius 2 is 2.29 bits per heavy atom. The smallest absolute Gasteiger partial charge is 0.0715 e. The molecule has 1 fully saturated rings. The van der Waals surface area contributed by atoms with Gasteiger partial charge < -0.3 is 9.84 Å². The van der Waals surface area contributed by atoms with E-state index >= 15 is 0 Å². The van der Waals surface area contributed by atoms with Crippen LogP contribution >= 0.6 is 0 Å². The van der Waals surface area contributed by atoms with Crippen LogP contribution in [0, 0.1) is 6.92 Å². The second-order valence-electron chi connectivity index (χ2n) is 3.72. The lowest BCUT2D eigenvalue weighted by atomic mass is 10.1. The van der Waals surface area contributed by atoms with Crippen molar-refractivity contribution in [1.29, 1.82) is 0 Å². The highest BCUT2D eigenvalue weighted by Gasteiger charge is 2.17. The minimum absolute atomic E-state index is 0.0784. The molecule has 0 spiro atoms. The van der Waals surface area contributed by atoms with E-state index in [-0.39, 0.29) is 6.61 Å². The molecule has 0 atom stereocenters. The molecule has 0 radical (unpaired) electrons. The zero-order valence-corrected chi connectivity index (χ0v) is 8.44. The van der Waals surface area contributed by atoms with Gasteiger partial charge >= 0.3 is 0 Å². The van der Waals surface area contributed by atoms with Gasteiger partial charge in [0.1, 0.15) is 0 Å². The first kappa shape index (κ1) is 9.68. The Morgan fingerprint density at radius 3 is 2.86 bits per heavy atom. The maximum absolute atomic E-state index is 9.05. The van der Waals surface area contributed by atoms with Crippen LogP contribution in [0.25, 0.3) is 0 Å². The summed E-state index contributed by atoms with van der Waals surface area (Å²) in [5.41, 5.74) is 1.86. The van der Waals surface area contributed by atoms with Gasteiger partial charge in [-0.2, -0.15) is 5.10 Å². The zero-order chi connectivity index (χ0) is 9.97. The molecule has 2 rings (SSSR count). The number of hydrogen-bond acceptors (Lipinski definition) is 3. The molecule has 0 aliphatic carbocycles. The lowest BCUT2D eigenvalue weighted by Gasteiger charge is -2.22. The van der Waals surface area contributed by atoms with Crippen molar-refractivity contribution >= 4 is 0 Å². The third-order valence-corrected chi connectivity index (χ3v) is 2.75. The summed E-state index contributed by atoms with van der Waals surface area (Å²) in [6.07, 6.45) is 3.99. The second-order valence-corrected chi connectivity index (χ2v) is 3.72. The monoisotopic (exact) mass is 196 g/mol. The highest BCUT2D eigenvalue weighted by Crippen LogP contribution is 2.21. The van der Waals surface area contributed by atoms with Gasteiger partial charge in [-0.25, -0.2) is 0 Å². The fourth-order valence-electron chi connectivity index (χ4n) is 1.81. The van der Waals surface area contributed by atoms with Crippen LogP contribution < -0.4 is 0 Å². The average molecular weight is 196 g/mol. The van der Waals surface area contributed by atoms with Crippen LogP contribution in [0.15, 0.2) is 6.20 Å². The molecule has 4 nitrogen and oxygen atoms in total. The van der Waals surface area contributed by atoms with Gasteiger partial charge in [0, 0.05) is 25.0 Å². The molecule has 1 aromatic heterocycles. The molecule has 78 valence electrons. The third kappa shape index (κ3) is 1.81. The Hall–Kier alpha value is -0.870. The van der Waals surface area contributed by atoms with Crippen molar-refractivity contribution in [2.45, 2.75) is 32.4 Å². The zero-order valence-electron chi connectivity index (χ0n) is 8.44. The largest absolute Gasteiger partial charge is 0.392 e. The fraction of sp³-hybridized carbons (Fsp3) is 0.700. The van der Waals surface area contributed by atoms with Crippen LogP contribution in [0.4, 0.5) is 0 Å². The van der Waals surface area contributed by atoms with Crippen LogP contribution in [-0.4, -0.2) is 28.1 Å². The van der Waals surface area contributed by atoms with E-state index in [0.717, 1.165) is 37.3 Å². The maximum Gasteiger partial charge on any atom is 0.0715 e. The molecule has 1 aliphatic rings. The molecule has 0 aromatic carbocycles. The number of ether oxygens (including phenoxy) is 1. The van der Waals surface area contributed by atoms with E-state index in [4.69, 9.17) is 9.84 Å². The molecular formula is C10H16N2O2. The van der Waals surface area contributed by atoms with Gasteiger partial charge in [-0.15, -0.1) is 0 Å². The Morgan fingerprint density at radius 1 is 1.57 bits per heavy atom. The van der Waals surface area contributed by atoms with Crippen molar-refractivity contribution in [2.24, 2.45) is 0 Å². The highest BCUT2D eigenvalue weighted by molar-refractivity contribution is 5.14. The third-order valence-electron chi connectivity index (χ3n) is 2.75. The van der Waals surface area contributed by atoms with Crippen molar-refractivity contribution < 1.29 is 9.84 Å². The molecular weight excluding hydrogens is 180 g/mol. The number of aliphatic hydroxyl groups is 1. The lowest BCUT2D eigenvalue weighted by molar-refractivity contribution is 0.0661. The minimum atomic E-state index is 0.0784. The van der Waals surface area contributed by atoms with Gasteiger partial charge in [-0.1, -0.05) is 0 Å². The summed E-state index contributed by atoms with van der Waals surface area (Å²) >= 11 is 0. The standard InChI is InChI=1S/C10H16N2O2/c1-8-9(7-13)6-12(11-8)10-2-4-14-5-3-10/h6,10,13H,2-5,7H2,1H3. The van der Waals surface area contributed by atoms with E-state index in [1.807, 2.05) is 17.8 Å². The van der Waals surface area contributed by atoms with E-state index < -0.39 is 0 Å². The molecule has 0 amide bonds. The van der Waals surface area contributed by atoms with E-state index in [9.17, 15) is 0 Å². The number of hydrogen-bond donors (Lipinski definition) is 1. The molecule has 0 unspecified atom stereocenters. The van der Waals surface area contributed by atoms with Crippen molar-refractivity contribution in [1.82, 2.24) is 9.78 Å². The normalized spacial score (nSPS) is 18.7. The van der Waals surface area contributed by atoms with Gasteiger partial charge in [-0.3, -0.25) is 4.68 Å². The van der Waals surface area contributed by atoms with Gasteiger partial charge in [0.25, 0.3) is 0 Å². The summed E-state index contributed by atoms with van der Waals surface area (Å²) in [7, 11) is 0. The Balaban J connectivity index is 2.14. The topological polar surface area (TPSA) is 47.3 Å². The SMILES string of the molecule is Cc1nn(C2CCOCC2)cc1CO. The molecule has 4 heteroatoms. The van der Waals surface area contributed by atoms with Gasteiger partial charge in [0.15, 0.2) is 0 Å². The summed E-state index contributed by atoms with van der Waals surface area (Å²) in [4.78, 5) is 0. The molecule has 14 heavy (non-hydrogen) atoms. The summed E-state index contributed by atoms with van der Waals surface area (Å²) in [5.74, 6) is 0. The number of aliphatic hydroxyl groups excluding tert-OH is 1. The molecule has 1 aromatic rings. The van der Waals surface area contributed by atoms with E-state index in [0.29, 0.717) is 6.04 Å². The Bertz CT molecular complexity index is 303. The predicted molar refractivity (Wildman–Crippen MR) is 52.0 cm³/mol. The van der Waals surface area contributed by atoms with Crippen LogP contribution in [0.3, 0.4) is 0 Å². The quantitative estimate of drug-likeness (QED) is 0.768. The first-order valence-electron chi connectivity index (χ1n) is 5.04.